The number of carbonyl (C=O) groups excluding carboxylic acids is 2. The fourth-order valence-electron chi connectivity index (χ4n) is 1.98. The van der Waals surface area contributed by atoms with E-state index in [9.17, 15) is 14.0 Å². The Morgan fingerprint density at radius 1 is 1.25 bits per heavy atom. The SMILES string of the molecule is O=C(COC(=O)c1ccc2ncsc2c1)Nc1cc(Cl)ccc1F. The molecule has 0 unspecified atom stereocenters. The molecule has 0 fully saturated rings. The smallest absolute Gasteiger partial charge is 0.338 e. The van der Waals surface area contributed by atoms with Crippen LogP contribution in [0.15, 0.2) is 41.9 Å². The second-order valence-corrected chi connectivity index (χ2v) is 6.11. The first kappa shape index (κ1) is 16.4. The Morgan fingerprint density at radius 3 is 2.92 bits per heavy atom. The van der Waals surface area contributed by atoms with Crippen LogP contribution in [-0.2, 0) is 9.53 Å². The average Bonchev–Trinajstić information content (AvgIpc) is 3.03. The van der Waals surface area contributed by atoms with E-state index in [0.29, 0.717) is 5.56 Å². The monoisotopic (exact) mass is 364 g/mol. The second-order valence-electron chi connectivity index (χ2n) is 4.78. The lowest BCUT2D eigenvalue weighted by Gasteiger charge is -2.08. The zero-order chi connectivity index (χ0) is 17.1. The number of amides is 1. The van der Waals surface area contributed by atoms with Crippen molar-refractivity contribution in [1.29, 1.82) is 0 Å². The van der Waals surface area contributed by atoms with Gasteiger partial charge >= 0.3 is 5.97 Å². The third-order valence-electron chi connectivity index (χ3n) is 3.10. The van der Waals surface area contributed by atoms with Crippen LogP contribution in [0.1, 0.15) is 10.4 Å². The van der Waals surface area contributed by atoms with Gasteiger partial charge < -0.3 is 10.1 Å². The number of nitrogens with zero attached hydrogens (tertiary/aromatic N) is 1. The Hall–Kier alpha value is -2.51. The third kappa shape index (κ3) is 3.69. The molecular weight excluding hydrogens is 355 g/mol. The van der Waals surface area contributed by atoms with Crippen molar-refractivity contribution in [1.82, 2.24) is 4.98 Å². The number of hydrogen-bond donors (Lipinski definition) is 1. The number of benzene rings is 2. The van der Waals surface area contributed by atoms with Crippen LogP contribution in [0, 0.1) is 5.82 Å². The van der Waals surface area contributed by atoms with E-state index in [1.807, 2.05) is 0 Å². The fraction of sp³-hybridized carbons (Fsp3) is 0.0625. The summed E-state index contributed by atoms with van der Waals surface area (Å²) in [6.07, 6.45) is 0. The predicted octanol–water partition coefficient (Wildman–Crippen LogP) is 3.88. The van der Waals surface area contributed by atoms with Crippen LogP contribution >= 0.6 is 22.9 Å². The largest absolute Gasteiger partial charge is 0.452 e. The fourth-order valence-corrected chi connectivity index (χ4v) is 2.86. The van der Waals surface area contributed by atoms with Gasteiger partial charge in [0.15, 0.2) is 6.61 Å². The molecule has 8 heteroatoms. The number of hydrogen-bond acceptors (Lipinski definition) is 5. The van der Waals surface area contributed by atoms with E-state index < -0.39 is 24.3 Å². The molecule has 0 aliphatic carbocycles. The van der Waals surface area contributed by atoms with Gasteiger partial charge in [-0.25, -0.2) is 14.2 Å². The third-order valence-corrected chi connectivity index (χ3v) is 4.13. The Labute approximate surface area is 145 Å². The van der Waals surface area contributed by atoms with Crippen LogP contribution in [0.5, 0.6) is 0 Å². The summed E-state index contributed by atoms with van der Waals surface area (Å²) in [4.78, 5) is 27.9. The molecule has 5 nitrogen and oxygen atoms in total. The molecule has 122 valence electrons. The molecular formula is C16H10ClFN2O3S. The molecule has 0 spiro atoms. The molecule has 0 aliphatic rings. The maximum absolute atomic E-state index is 13.5. The topological polar surface area (TPSA) is 68.3 Å². The molecule has 0 radical (unpaired) electrons. The molecule has 3 rings (SSSR count). The van der Waals surface area contributed by atoms with Gasteiger partial charge in [0.1, 0.15) is 5.82 Å². The maximum Gasteiger partial charge on any atom is 0.338 e. The number of ether oxygens (including phenoxy) is 1. The van der Waals surface area contributed by atoms with E-state index in [0.717, 1.165) is 16.3 Å². The number of rotatable bonds is 4. The van der Waals surface area contributed by atoms with Crippen LogP contribution in [-0.4, -0.2) is 23.5 Å². The summed E-state index contributed by atoms with van der Waals surface area (Å²) in [6, 6.07) is 8.68. The van der Waals surface area contributed by atoms with Crippen molar-refractivity contribution in [2.75, 3.05) is 11.9 Å². The standard InChI is InChI=1S/C16H10ClFN2O3S/c17-10-2-3-11(18)13(6-10)20-15(21)7-23-16(22)9-1-4-12-14(5-9)24-8-19-12/h1-6,8H,7H2,(H,20,21). The molecule has 3 aromatic rings. The Morgan fingerprint density at radius 2 is 2.08 bits per heavy atom. The van der Waals surface area contributed by atoms with Crippen molar-refractivity contribution in [2.45, 2.75) is 0 Å². The number of halogens is 2. The molecule has 0 aliphatic heterocycles. The van der Waals surface area contributed by atoms with Gasteiger partial charge in [0.25, 0.3) is 5.91 Å². The summed E-state index contributed by atoms with van der Waals surface area (Å²) in [5, 5.41) is 2.58. The zero-order valence-electron chi connectivity index (χ0n) is 12.1. The highest BCUT2D eigenvalue weighted by atomic mass is 35.5. The summed E-state index contributed by atoms with van der Waals surface area (Å²) >= 11 is 7.13. The van der Waals surface area contributed by atoms with E-state index in [1.165, 1.54) is 23.5 Å². The summed E-state index contributed by atoms with van der Waals surface area (Å²) < 4.78 is 19.3. The number of fused-ring (bicyclic) bond motifs is 1. The van der Waals surface area contributed by atoms with E-state index in [2.05, 4.69) is 10.3 Å². The van der Waals surface area contributed by atoms with Gasteiger partial charge in [-0.1, -0.05) is 11.6 Å². The quantitative estimate of drug-likeness (QED) is 0.713. The van der Waals surface area contributed by atoms with E-state index in [-0.39, 0.29) is 10.7 Å². The number of aromatic nitrogens is 1. The van der Waals surface area contributed by atoms with Gasteiger partial charge in [-0.3, -0.25) is 4.79 Å². The summed E-state index contributed by atoms with van der Waals surface area (Å²) in [6.45, 7) is -0.536. The zero-order valence-corrected chi connectivity index (χ0v) is 13.7. The molecule has 0 saturated heterocycles. The highest BCUT2D eigenvalue weighted by Gasteiger charge is 2.13. The summed E-state index contributed by atoms with van der Waals surface area (Å²) in [5.74, 6) is -1.94. The lowest BCUT2D eigenvalue weighted by molar-refractivity contribution is -0.119. The minimum atomic E-state index is -0.664. The number of nitrogens with one attached hydrogen (secondary N) is 1. The molecule has 2 aromatic carbocycles. The van der Waals surface area contributed by atoms with Crippen LogP contribution < -0.4 is 5.32 Å². The van der Waals surface area contributed by atoms with Gasteiger partial charge in [0, 0.05) is 5.02 Å². The average molecular weight is 365 g/mol. The van der Waals surface area contributed by atoms with Crippen molar-refractivity contribution in [3.05, 3.63) is 58.3 Å². The van der Waals surface area contributed by atoms with Crippen molar-refractivity contribution >= 4 is 50.7 Å². The van der Waals surface area contributed by atoms with E-state index in [4.69, 9.17) is 16.3 Å². The van der Waals surface area contributed by atoms with Gasteiger partial charge in [0.2, 0.25) is 0 Å². The van der Waals surface area contributed by atoms with Gasteiger partial charge in [-0.05, 0) is 36.4 Å². The van der Waals surface area contributed by atoms with Crippen LogP contribution in [0.2, 0.25) is 5.02 Å². The highest BCUT2D eigenvalue weighted by molar-refractivity contribution is 7.16. The van der Waals surface area contributed by atoms with Crippen molar-refractivity contribution in [2.24, 2.45) is 0 Å². The van der Waals surface area contributed by atoms with Crippen LogP contribution in [0.4, 0.5) is 10.1 Å². The molecule has 0 atom stereocenters. The second kappa shape index (κ2) is 6.94. The highest BCUT2D eigenvalue weighted by Crippen LogP contribution is 2.20. The van der Waals surface area contributed by atoms with Gasteiger partial charge in [-0.2, -0.15) is 0 Å². The molecule has 1 aromatic heterocycles. The van der Waals surface area contributed by atoms with Crippen molar-refractivity contribution < 1.29 is 18.7 Å². The minimum Gasteiger partial charge on any atom is -0.452 e. The first-order chi connectivity index (χ1) is 11.5. The van der Waals surface area contributed by atoms with E-state index in [1.54, 1.807) is 23.7 Å². The first-order valence-electron chi connectivity index (χ1n) is 6.78. The number of esters is 1. The van der Waals surface area contributed by atoms with Crippen molar-refractivity contribution in [3.8, 4) is 0 Å². The normalized spacial score (nSPS) is 10.6. The van der Waals surface area contributed by atoms with Crippen molar-refractivity contribution in [3.63, 3.8) is 0 Å². The Bertz CT molecular complexity index is 929. The molecule has 0 saturated carbocycles. The predicted molar refractivity (Wildman–Crippen MR) is 89.9 cm³/mol. The Kier molecular flexibility index (Phi) is 4.73. The first-order valence-corrected chi connectivity index (χ1v) is 8.04. The number of anilines is 1. The molecule has 1 amide bonds. The molecule has 24 heavy (non-hydrogen) atoms. The molecule has 1 N–H and O–H groups in total. The Balaban J connectivity index is 1.61. The van der Waals surface area contributed by atoms with Gasteiger partial charge in [-0.15, -0.1) is 11.3 Å². The lowest BCUT2D eigenvalue weighted by atomic mass is 10.2. The van der Waals surface area contributed by atoms with E-state index >= 15 is 0 Å². The number of thiazole rings is 1. The number of carbonyl (C=O) groups is 2. The summed E-state index contributed by atoms with van der Waals surface area (Å²) in [5.41, 5.74) is 2.70. The lowest BCUT2D eigenvalue weighted by Crippen LogP contribution is -2.21. The maximum atomic E-state index is 13.5. The molecule has 0 bridgehead atoms. The van der Waals surface area contributed by atoms with Crippen LogP contribution in [0.25, 0.3) is 10.2 Å². The van der Waals surface area contributed by atoms with Gasteiger partial charge in [0.05, 0.1) is 27.0 Å². The minimum absolute atomic E-state index is 0.0744. The summed E-state index contributed by atoms with van der Waals surface area (Å²) in [7, 11) is 0. The molecule has 1 heterocycles. The van der Waals surface area contributed by atoms with Crippen LogP contribution in [0.3, 0.4) is 0 Å².